The van der Waals surface area contributed by atoms with Crippen LogP contribution in [0.2, 0.25) is 0 Å². The highest BCUT2D eigenvalue weighted by atomic mass is 16.3. The molecule has 0 heterocycles. The smallest absolute Gasteiger partial charge is 0.00289 e. The van der Waals surface area contributed by atoms with Crippen molar-refractivity contribution >= 4 is 0 Å². The van der Waals surface area contributed by atoms with Crippen molar-refractivity contribution in [3.8, 4) is 0 Å². The van der Waals surface area contributed by atoms with E-state index in [1.165, 1.54) is 70.6 Å². The van der Waals surface area contributed by atoms with Gasteiger partial charge in [0.1, 0.15) is 0 Å². The van der Waals surface area contributed by atoms with Gasteiger partial charge in [-0.3, -0.25) is 0 Å². The average Bonchev–Trinajstić information content (AvgIpc) is 2.53. The molecule has 0 amide bonds. The largest absolute Gasteiger partial charge is 0.853 e. The molecule has 0 rings (SSSR count). The summed E-state index contributed by atoms with van der Waals surface area (Å²) in [4.78, 5) is 0. The van der Waals surface area contributed by atoms with Crippen molar-refractivity contribution in [2.75, 3.05) is 13.7 Å². The van der Waals surface area contributed by atoms with Gasteiger partial charge in [-0.25, -0.2) is 0 Å². The van der Waals surface area contributed by atoms with Crippen LogP contribution in [-0.2, 0) is 0 Å². The molecule has 0 aliphatic heterocycles. The SMILES string of the molecule is CCCCCCCCCCCCC/C=C\C(C)C(C[O-])NC. The summed E-state index contributed by atoms with van der Waals surface area (Å²) in [6, 6.07) is 0.0774. The Morgan fingerprint density at radius 3 is 1.82 bits per heavy atom. The van der Waals surface area contributed by atoms with Crippen LogP contribution in [0.1, 0.15) is 90.9 Å². The number of rotatable bonds is 16. The highest BCUT2D eigenvalue weighted by Crippen LogP contribution is 2.12. The van der Waals surface area contributed by atoms with Gasteiger partial charge in [0.05, 0.1) is 0 Å². The summed E-state index contributed by atoms with van der Waals surface area (Å²) >= 11 is 0. The topological polar surface area (TPSA) is 35.1 Å². The molecule has 22 heavy (non-hydrogen) atoms. The number of allylic oxidation sites excluding steroid dienone is 1. The lowest BCUT2D eigenvalue weighted by Gasteiger charge is -2.23. The molecule has 0 radical (unpaired) electrons. The van der Waals surface area contributed by atoms with Crippen molar-refractivity contribution < 1.29 is 5.11 Å². The minimum atomic E-state index is -0.0412. The van der Waals surface area contributed by atoms with E-state index in [9.17, 15) is 5.11 Å². The average molecular weight is 311 g/mol. The van der Waals surface area contributed by atoms with Crippen LogP contribution < -0.4 is 10.4 Å². The maximum Gasteiger partial charge on any atom is -0.00289 e. The molecule has 1 N–H and O–H groups in total. The summed E-state index contributed by atoms with van der Waals surface area (Å²) in [5, 5.41) is 14.0. The highest BCUT2D eigenvalue weighted by Gasteiger charge is 2.06. The molecule has 2 heteroatoms. The van der Waals surface area contributed by atoms with Gasteiger partial charge < -0.3 is 10.4 Å². The van der Waals surface area contributed by atoms with Crippen molar-refractivity contribution in [1.82, 2.24) is 5.32 Å². The summed E-state index contributed by atoms with van der Waals surface area (Å²) in [5.74, 6) is 0.343. The first-order valence-electron chi connectivity index (χ1n) is 9.68. The molecule has 0 saturated carbocycles. The predicted octanol–water partition coefficient (Wildman–Crippen LogP) is 4.83. The van der Waals surface area contributed by atoms with E-state index in [4.69, 9.17) is 0 Å². The van der Waals surface area contributed by atoms with Gasteiger partial charge in [0.25, 0.3) is 0 Å². The van der Waals surface area contributed by atoms with E-state index in [0.29, 0.717) is 5.92 Å². The van der Waals surface area contributed by atoms with E-state index >= 15 is 0 Å². The third-order valence-electron chi connectivity index (χ3n) is 4.60. The van der Waals surface area contributed by atoms with Crippen molar-refractivity contribution in [2.24, 2.45) is 5.92 Å². The Morgan fingerprint density at radius 1 is 0.864 bits per heavy atom. The first-order valence-corrected chi connectivity index (χ1v) is 9.68. The van der Waals surface area contributed by atoms with Gasteiger partial charge in [-0.1, -0.05) is 90.2 Å². The Morgan fingerprint density at radius 2 is 1.36 bits per heavy atom. The van der Waals surface area contributed by atoms with Crippen molar-refractivity contribution in [3.05, 3.63) is 12.2 Å². The second kappa shape index (κ2) is 17.0. The Labute approximate surface area is 139 Å². The van der Waals surface area contributed by atoms with Gasteiger partial charge in [0, 0.05) is 0 Å². The van der Waals surface area contributed by atoms with Crippen LogP contribution in [0, 0.1) is 5.92 Å². The van der Waals surface area contributed by atoms with E-state index in [-0.39, 0.29) is 12.6 Å². The van der Waals surface area contributed by atoms with Gasteiger partial charge in [-0.15, -0.1) is 6.61 Å². The monoisotopic (exact) mass is 310 g/mol. The number of hydrogen-bond donors (Lipinski definition) is 1. The fourth-order valence-electron chi connectivity index (χ4n) is 2.87. The van der Waals surface area contributed by atoms with E-state index in [2.05, 4.69) is 31.3 Å². The Balaban J connectivity index is 3.29. The second-order valence-electron chi connectivity index (χ2n) is 6.67. The minimum Gasteiger partial charge on any atom is -0.853 e. The van der Waals surface area contributed by atoms with Crippen molar-refractivity contribution in [1.29, 1.82) is 0 Å². The number of unbranched alkanes of at least 4 members (excludes halogenated alkanes) is 11. The normalized spacial score (nSPS) is 14.5. The van der Waals surface area contributed by atoms with Crippen LogP contribution in [0.3, 0.4) is 0 Å². The first-order chi connectivity index (χ1) is 10.8. The Hall–Kier alpha value is -0.340. The molecule has 0 spiro atoms. The summed E-state index contributed by atoms with van der Waals surface area (Å²) in [7, 11) is 1.87. The molecular weight excluding hydrogens is 270 g/mol. The molecule has 0 fully saturated rings. The Kier molecular flexibility index (Phi) is 16.8. The van der Waals surface area contributed by atoms with E-state index in [1.807, 2.05) is 7.05 Å². The molecule has 2 nitrogen and oxygen atoms in total. The van der Waals surface area contributed by atoms with Crippen LogP contribution in [0.25, 0.3) is 0 Å². The summed E-state index contributed by atoms with van der Waals surface area (Å²) in [6.45, 7) is 4.36. The summed E-state index contributed by atoms with van der Waals surface area (Å²) in [6.07, 6.45) is 21.0. The Bertz CT molecular complexity index is 236. The third kappa shape index (κ3) is 13.3. The molecule has 0 aromatic heterocycles. The first kappa shape index (κ1) is 21.7. The molecule has 132 valence electrons. The molecule has 0 saturated heterocycles. The van der Waals surface area contributed by atoms with Crippen LogP contribution in [-0.4, -0.2) is 19.7 Å². The van der Waals surface area contributed by atoms with Crippen molar-refractivity contribution in [3.63, 3.8) is 0 Å². The third-order valence-corrected chi connectivity index (χ3v) is 4.60. The van der Waals surface area contributed by atoms with E-state index < -0.39 is 0 Å². The zero-order chi connectivity index (χ0) is 16.5. The quantitative estimate of drug-likeness (QED) is 0.327. The molecule has 2 atom stereocenters. The molecule has 0 aromatic carbocycles. The van der Waals surface area contributed by atoms with Crippen molar-refractivity contribution in [2.45, 2.75) is 96.9 Å². The molecule has 0 aromatic rings. The lowest BCUT2D eigenvalue weighted by atomic mass is 10.0. The van der Waals surface area contributed by atoms with Crippen LogP contribution >= 0.6 is 0 Å². The molecule has 0 bridgehead atoms. The summed E-state index contributed by atoms with van der Waals surface area (Å²) < 4.78 is 0. The van der Waals surface area contributed by atoms with E-state index in [0.717, 1.165) is 6.42 Å². The predicted molar refractivity (Wildman–Crippen MR) is 97.1 cm³/mol. The number of nitrogens with one attached hydrogen (secondary N) is 1. The molecular formula is C20H40NO-. The lowest BCUT2D eigenvalue weighted by Crippen LogP contribution is -2.39. The second-order valence-corrected chi connectivity index (χ2v) is 6.67. The number of hydrogen-bond acceptors (Lipinski definition) is 2. The van der Waals surface area contributed by atoms with Gasteiger partial charge in [-0.05, 0) is 31.8 Å². The zero-order valence-electron chi connectivity index (χ0n) is 15.4. The molecule has 2 unspecified atom stereocenters. The maximum atomic E-state index is 10.9. The van der Waals surface area contributed by atoms with Crippen LogP contribution in [0.15, 0.2) is 12.2 Å². The summed E-state index contributed by atoms with van der Waals surface area (Å²) in [5.41, 5.74) is 0. The van der Waals surface area contributed by atoms with Crippen LogP contribution in [0.5, 0.6) is 0 Å². The van der Waals surface area contributed by atoms with Gasteiger partial charge in [0.15, 0.2) is 0 Å². The van der Waals surface area contributed by atoms with E-state index in [1.54, 1.807) is 0 Å². The number of likely N-dealkylation sites (N-methyl/N-ethyl adjacent to an activating group) is 1. The standard InChI is InChI=1S/C20H40NO/c1-4-5-6-7-8-9-10-11-12-13-14-15-16-17-19(2)20(18-22)21-3/h16-17,19-21H,4-15,18H2,1-3H3/q-1/b17-16-. The molecule has 0 aliphatic rings. The fraction of sp³-hybridized carbons (Fsp3) is 0.900. The lowest BCUT2D eigenvalue weighted by molar-refractivity contribution is -0.374. The van der Waals surface area contributed by atoms with Crippen LogP contribution in [0.4, 0.5) is 0 Å². The maximum absolute atomic E-state index is 10.9. The van der Waals surface area contributed by atoms with Gasteiger partial charge in [0.2, 0.25) is 0 Å². The molecule has 0 aliphatic carbocycles. The minimum absolute atomic E-state index is 0.0412. The fourth-order valence-corrected chi connectivity index (χ4v) is 2.87. The van der Waals surface area contributed by atoms with Gasteiger partial charge >= 0.3 is 0 Å². The highest BCUT2D eigenvalue weighted by molar-refractivity contribution is 4.91. The van der Waals surface area contributed by atoms with Gasteiger partial charge in [-0.2, -0.15) is 0 Å². The zero-order valence-corrected chi connectivity index (χ0v) is 15.4.